The Morgan fingerprint density at radius 2 is 1.94 bits per heavy atom. The normalized spacial score (nSPS) is 27.9. The summed E-state index contributed by atoms with van der Waals surface area (Å²) >= 11 is 0. The zero-order valence-electron chi connectivity index (χ0n) is 11.0. The molecular weight excluding hydrogens is 214 g/mol. The van der Waals surface area contributed by atoms with E-state index in [1.807, 2.05) is 18.2 Å². The number of para-hydroxylation sites is 1. The fourth-order valence-electron chi connectivity index (χ4n) is 2.65. The smallest absolute Gasteiger partial charge is 0.123 e. The highest BCUT2D eigenvalue weighted by Gasteiger charge is 2.54. The molecule has 0 aromatic heterocycles. The minimum Gasteiger partial charge on any atom is -0.496 e. The van der Waals surface area contributed by atoms with E-state index >= 15 is 0 Å². The topological polar surface area (TPSA) is 32.5 Å². The number of benzene rings is 1. The maximum absolute atomic E-state index is 9.45. The van der Waals surface area contributed by atoms with Crippen LogP contribution in [0.5, 0.6) is 5.75 Å². The molecule has 0 saturated carbocycles. The van der Waals surface area contributed by atoms with Gasteiger partial charge in [-0.2, -0.15) is 0 Å². The van der Waals surface area contributed by atoms with Gasteiger partial charge in [-0.05, 0) is 26.8 Å². The highest BCUT2D eigenvalue weighted by Crippen LogP contribution is 2.50. The number of nitrogens with zero attached hydrogens (tertiary/aromatic N) is 1. The quantitative estimate of drug-likeness (QED) is 0.815. The Kier molecular flexibility index (Phi) is 3.15. The fraction of sp³-hybridized carbons (Fsp3) is 0.571. The first-order valence-electron chi connectivity index (χ1n) is 6.03. The lowest BCUT2D eigenvalue weighted by atomic mass is 10.1. The van der Waals surface area contributed by atoms with Crippen molar-refractivity contribution < 1.29 is 9.84 Å². The van der Waals surface area contributed by atoms with E-state index in [2.05, 4.69) is 31.7 Å². The summed E-state index contributed by atoms with van der Waals surface area (Å²) in [5.41, 5.74) is 1.24. The summed E-state index contributed by atoms with van der Waals surface area (Å²) in [7, 11) is 1.69. The van der Waals surface area contributed by atoms with Gasteiger partial charge in [0.15, 0.2) is 0 Å². The van der Waals surface area contributed by atoms with Crippen molar-refractivity contribution in [2.75, 3.05) is 13.7 Å². The molecule has 0 bridgehead atoms. The minimum atomic E-state index is 0.0684. The number of hydrogen-bond donors (Lipinski definition) is 1. The molecule has 1 fully saturated rings. The molecule has 0 aliphatic carbocycles. The molecule has 2 rings (SSSR count). The van der Waals surface area contributed by atoms with Crippen molar-refractivity contribution in [1.82, 2.24) is 4.90 Å². The number of aliphatic hydroxyl groups is 1. The second-order valence-electron chi connectivity index (χ2n) is 5.51. The molecule has 1 N–H and O–H groups in total. The number of rotatable bonds is 3. The van der Waals surface area contributed by atoms with Crippen LogP contribution in [0.3, 0.4) is 0 Å². The van der Waals surface area contributed by atoms with Crippen molar-refractivity contribution >= 4 is 0 Å². The second-order valence-corrected chi connectivity index (χ2v) is 5.51. The predicted molar refractivity (Wildman–Crippen MR) is 68.2 cm³/mol. The molecule has 1 aliphatic rings. The molecule has 3 nitrogen and oxygen atoms in total. The first-order valence-corrected chi connectivity index (χ1v) is 6.03. The van der Waals surface area contributed by atoms with E-state index in [-0.39, 0.29) is 24.2 Å². The molecule has 1 aliphatic heterocycles. The molecule has 1 aromatic rings. The van der Waals surface area contributed by atoms with Crippen molar-refractivity contribution in [3.05, 3.63) is 29.8 Å². The van der Waals surface area contributed by atoms with Gasteiger partial charge in [-0.3, -0.25) is 4.90 Å². The molecular formula is C14H21NO2. The highest BCUT2D eigenvalue weighted by molar-refractivity contribution is 5.40. The molecule has 3 atom stereocenters. The van der Waals surface area contributed by atoms with Gasteiger partial charge in [0.2, 0.25) is 0 Å². The molecule has 0 spiro atoms. The van der Waals surface area contributed by atoms with Crippen LogP contribution in [-0.2, 0) is 0 Å². The minimum absolute atomic E-state index is 0.0684. The zero-order valence-corrected chi connectivity index (χ0v) is 11.0. The van der Waals surface area contributed by atoms with Crippen LogP contribution < -0.4 is 4.74 Å². The van der Waals surface area contributed by atoms with Crippen LogP contribution in [0.15, 0.2) is 24.3 Å². The molecule has 1 aromatic carbocycles. The molecule has 0 amide bonds. The summed E-state index contributed by atoms with van der Waals surface area (Å²) in [4.78, 5) is 2.32. The Morgan fingerprint density at radius 3 is 2.41 bits per heavy atom. The van der Waals surface area contributed by atoms with Crippen LogP contribution in [0.25, 0.3) is 0 Å². The summed E-state index contributed by atoms with van der Waals surface area (Å²) in [5, 5.41) is 9.45. The zero-order chi connectivity index (χ0) is 12.6. The third-order valence-corrected chi connectivity index (χ3v) is 3.35. The molecule has 3 heteroatoms. The van der Waals surface area contributed by atoms with E-state index in [0.717, 1.165) is 5.75 Å². The third-order valence-electron chi connectivity index (χ3n) is 3.35. The lowest BCUT2D eigenvalue weighted by Crippen LogP contribution is -2.28. The van der Waals surface area contributed by atoms with Crippen molar-refractivity contribution in [2.24, 2.45) is 0 Å². The number of aliphatic hydroxyl groups excluding tert-OH is 1. The largest absolute Gasteiger partial charge is 0.496 e. The Labute approximate surface area is 103 Å². The van der Waals surface area contributed by atoms with Crippen molar-refractivity contribution in [2.45, 2.75) is 38.4 Å². The van der Waals surface area contributed by atoms with Gasteiger partial charge in [0, 0.05) is 11.1 Å². The van der Waals surface area contributed by atoms with Crippen LogP contribution >= 0.6 is 0 Å². The van der Waals surface area contributed by atoms with E-state index in [1.165, 1.54) is 5.56 Å². The molecule has 94 valence electrons. The van der Waals surface area contributed by atoms with Crippen molar-refractivity contribution in [3.8, 4) is 5.75 Å². The van der Waals surface area contributed by atoms with E-state index < -0.39 is 0 Å². The van der Waals surface area contributed by atoms with Crippen LogP contribution in [0.1, 0.15) is 32.4 Å². The lowest BCUT2D eigenvalue weighted by molar-refractivity contribution is 0.220. The highest BCUT2D eigenvalue weighted by atomic mass is 16.5. The SMILES string of the molecule is COc1ccccc1[C@@H]1[C@H](CO)N1C(C)(C)C. The first-order chi connectivity index (χ1) is 8.00. The average Bonchev–Trinajstić information content (AvgIpc) is 3.03. The van der Waals surface area contributed by atoms with Gasteiger partial charge >= 0.3 is 0 Å². The number of ether oxygens (including phenoxy) is 1. The van der Waals surface area contributed by atoms with Gasteiger partial charge in [-0.25, -0.2) is 0 Å². The van der Waals surface area contributed by atoms with Crippen LogP contribution in [0.2, 0.25) is 0 Å². The summed E-state index contributed by atoms with van der Waals surface area (Å²) in [6.45, 7) is 6.71. The number of hydrogen-bond acceptors (Lipinski definition) is 3. The Balaban J connectivity index is 2.29. The monoisotopic (exact) mass is 235 g/mol. The van der Waals surface area contributed by atoms with Gasteiger partial charge in [0.1, 0.15) is 5.75 Å². The lowest BCUT2D eigenvalue weighted by Gasteiger charge is -2.22. The Bertz CT molecular complexity index is 397. The van der Waals surface area contributed by atoms with E-state index in [1.54, 1.807) is 7.11 Å². The van der Waals surface area contributed by atoms with Gasteiger partial charge in [0.25, 0.3) is 0 Å². The molecule has 1 heterocycles. The fourth-order valence-corrected chi connectivity index (χ4v) is 2.65. The van der Waals surface area contributed by atoms with Crippen LogP contribution in [0.4, 0.5) is 0 Å². The third kappa shape index (κ3) is 2.17. The molecule has 0 radical (unpaired) electrons. The standard InChI is InChI=1S/C14H21NO2/c1-14(2,3)15-11(9-16)13(15)10-7-5-6-8-12(10)17-4/h5-8,11,13,16H,9H2,1-4H3/t11-,13+,15?/m0/s1. The second kappa shape index (κ2) is 4.31. The first kappa shape index (κ1) is 12.4. The Hall–Kier alpha value is -1.06. The summed E-state index contributed by atoms with van der Waals surface area (Å²) in [5.74, 6) is 0.905. The van der Waals surface area contributed by atoms with Crippen LogP contribution in [-0.4, -0.2) is 35.3 Å². The van der Waals surface area contributed by atoms with Crippen molar-refractivity contribution in [3.63, 3.8) is 0 Å². The van der Waals surface area contributed by atoms with Gasteiger partial charge in [-0.1, -0.05) is 18.2 Å². The Morgan fingerprint density at radius 1 is 1.29 bits per heavy atom. The molecule has 17 heavy (non-hydrogen) atoms. The van der Waals surface area contributed by atoms with Gasteiger partial charge in [-0.15, -0.1) is 0 Å². The van der Waals surface area contributed by atoms with Gasteiger partial charge < -0.3 is 9.84 Å². The van der Waals surface area contributed by atoms with Gasteiger partial charge in [0.05, 0.1) is 25.8 Å². The van der Waals surface area contributed by atoms with E-state index in [9.17, 15) is 5.11 Å². The number of methoxy groups -OCH3 is 1. The van der Waals surface area contributed by atoms with Crippen LogP contribution in [0, 0.1) is 0 Å². The van der Waals surface area contributed by atoms with Crippen molar-refractivity contribution in [1.29, 1.82) is 0 Å². The maximum atomic E-state index is 9.45. The molecule has 1 saturated heterocycles. The molecule has 1 unspecified atom stereocenters. The van der Waals surface area contributed by atoms with E-state index in [0.29, 0.717) is 0 Å². The van der Waals surface area contributed by atoms with E-state index in [4.69, 9.17) is 4.74 Å². The summed E-state index contributed by atoms with van der Waals surface area (Å²) in [6, 6.07) is 8.54. The maximum Gasteiger partial charge on any atom is 0.123 e. The predicted octanol–water partition coefficient (Wildman–Crippen LogP) is 2.21. The summed E-state index contributed by atoms with van der Waals surface area (Å²) in [6.07, 6.45) is 0. The average molecular weight is 235 g/mol. The summed E-state index contributed by atoms with van der Waals surface area (Å²) < 4.78 is 5.39.